The fourth-order valence-corrected chi connectivity index (χ4v) is 5.74. The van der Waals surface area contributed by atoms with E-state index in [1.165, 1.54) is 11.3 Å². The summed E-state index contributed by atoms with van der Waals surface area (Å²) < 4.78 is 14.4. The van der Waals surface area contributed by atoms with Crippen LogP contribution >= 0.6 is 38.9 Å². The summed E-state index contributed by atoms with van der Waals surface area (Å²) in [5.74, 6) is 1.09. The number of amides is 1. The van der Waals surface area contributed by atoms with Crippen LogP contribution in [0.3, 0.4) is 0 Å². The number of morpholine rings is 1. The van der Waals surface area contributed by atoms with Crippen molar-refractivity contribution in [1.29, 1.82) is 0 Å². The molecule has 0 aliphatic carbocycles. The minimum absolute atomic E-state index is 0.0960. The molecule has 12 heteroatoms. The SMILES string of the molecule is O=C(c1cnc(-c2ccccc2Cl)s1)N1CCOC(c2cn(Cc3ncc(-c4cccc(Br)c4)o3)nn2)C1. The maximum Gasteiger partial charge on any atom is 0.265 e. The minimum Gasteiger partial charge on any atom is -0.439 e. The van der Waals surface area contributed by atoms with Gasteiger partial charge in [0.25, 0.3) is 5.91 Å². The van der Waals surface area contributed by atoms with Gasteiger partial charge in [0.05, 0.1) is 36.8 Å². The van der Waals surface area contributed by atoms with Crippen LogP contribution in [0.4, 0.5) is 0 Å². The van der Waals surface area contributed by atoms with Crippen molar-refractivity contribution in [2.45, 2.75) is 12.6 Å². The standard InChI is InChI=1S/C26H20BrClN6O3S/c27-17-5-3-4-16(10-17)21-11-29-24(37-21)15-34-13-20(31-32-34)22-14-33(8-9-36-22)26(35)23-12-30-25(38-23)18-6-1-2-7-19(18)28/h1-7,10-13,22H,8-9,14-15H2. The molecule has 9 nitrogen and oxygen atoms in total. The van der Waals surface area contributed by atoms with Gasteiger partial charge >= 0.3 is 0 Å². The van der Waals surface area contributed by atoms with Gasteiger partial charge in [-0.1, -0.05) is 63.1 Å². The fraction of sp³-hybridized carbons (Fsp3) is 0.192. The molecule has 1 aliphatic rings. The number of carbonyl (C=O) groups excluding carboxylic acids is 1. The van der Waals surface area contributed by atoms with E-state index in [9.17, 15) is 4.79 Å². The number of halogens is 2. The van der Waals surface area contributed by atoms with Crippen molar-refractivity contribution in [2.24, 2.45) is 0 Å². The molecule has 38 heavy (non-hydrogen) atoms. The second kappa shape index (κ2) is 10.8. The molecule has 2 aromatic carbocycles. The van der Waals surface area contributed by atoms with Crippen LogP contribution in [0.25, 0.3) is 21.9 Å². The van der Waals surface area contributed by atoms with E-state index >= 15 is 0 Å². The van der Waals surface area contributed by atoms with Gasteiger partial charge in [0, 0.05) is 22.1 Å². The van der Waals surface area contributed by atoms with Crippen molar-refractivity contribution in [2.75, 3.05) is 19.7 Å². The first-order chi connectivity index (χ1) is 18.5. The van der Waals surface area contributed by atoms with Gasteiger partial charge in [-0.15, -0.1) is 16.4 Å². The van der Waals surface area contributed by atoms with E-state index in [0.717, 1.165) is 15.6 Å². The van der Waals surface area contributed by atoms with Crippen molar-refractivity contribution in [1.82, 2.24) is 29.9 Å². The van der Waals surface area contributed by atoms with Crippen LogP contribution in [-0.2, 0) is 11.3 Å². The zero-order valence-corrected chi connectivity index (χ0v) is 23.0. The molecule has 1 unspecified atom stereocenters. The molecule has 0 N–H and O–H groups in total. The topological polar surface area (TPSA) is 99.2 Å². The zero-order valence-electron chi connectivity index (χ0n) is 19.8. The lowest BCUT2D eigenvalue weighted by atomic mass is 10.2. The number of thiazole rings is 1. The van der Waals surface area contributed by atoms with E-state index < -0.39 is 0 Å². The zero-order chi connectivity index (χ0) is 26.1. The fourth-order valence-electron chi connectivity index (χ4n) is 4.14. The lowest BCUT2D eigenvalue weighted by Gasteiger charge is -2.31. The molecule has 1 amide bonds. The van der Waals surface area contributed by atoms with Crippen LogP contribution in [-0.4, -0.2) is 55.5 Å². The summed E-state index contributed by atoms with van der Waals surface area (Å²) in [4.78, 5) is 24.3. The van der Waals surface area contributed by atoms with Gasteiger partial charge in [-0.3, -0.25) is 4.79 Å². The molecule has 0 saturated carbocycles. The highest BCUT2D eigenvalue weighted by Gasteiger charge is 2.29. The van der Waals surface area contributed by atoms with E-state index in [4.69, 9.17) is 20.8 Å². The van der Waals surface area contributed by atoms with Crippen molar-refractivity contribution in [3.05, 3.63) is 93.1 Å². The number of benzene rings is 2. The van der Waals surface area contributed by atoms with Crippen LogP contribution in [0.2, 0.25) is 5.02 Å². The average Bonchev–Trinajstić information content (AvgIpc) is 3.71. The van der Waals surface area contributed by atoms with Gasteiger partial charge in [0.15, 0.2) is 5.76 Å². The first-order valence-corrected chi connectivity index (χ1v) is 13.7. The van der Waals surface area contributed by atoms with Crippen molar-refractivity contribution in [3.63, 3.8) is 0 Å². The molecule has 5 aromatic rings. The highest BCUT2D eigenvalue weighted by molar-refractivity contribution is 9.10. The summed E-state index contributed by atoms with van der Waals surface area (Å²) in [6.45, 7) is 1.57. The van der Waals surface area contributed by atoms with Gasteiger partial charge in [-0.05, 0) is 18.2 Å². The van der Waals surface area contributed by atoms with Gasteiger partial charge in [0.2, 0.25) is 5.89 Å². The third kappa shape index (κ3) is 5.28. The Hall–Kier alpha value is -3.38. The molecule has 1 saturated heterocycles. The van der Waals surface area contributed by atoms with Gasteiger partial charge in [-0.25, -0.2) is 14.6 Å². The maximum absolute atomic E-state index is 13.2. The van der Waals surface area contributed by atoms with Crippen LogP contribution in [0.1, 0.15) is 27.4 Å². The molecule has 3 aromatic heterocycles. The number of nitrogens with zero attached hydrogens (tertiary/aromatic N) is 6. The number of aromatic nitrogens is 5. The van der Waals surface area contributed by atoms with Crippen molar-refractivity contribution < 1.29 is 13.9 Å². The highest BCUT2D eigenvalue weighted by Crippen LogP contribution is 2.32. The van der Waals surface area contributed by atoms with Gasteiger partial charge in [-0.2, -0.15) is 0 Å². The first kappa shape index (κ1) is 24.9. The highest BCUT2D eigenvalue weighted by atomic mass is 79.9. The molecule has 192 valence electrons. The first-order valence-electron chi connectivity index (χ1n) is 11.8. The predicted octanol–water partition coefficient (Wildman–Crippen LogP) is 5.73. The van der Waals surface area contributed by atoms with Crippen molar-refractivity contribution in [3.8, 4) is 21.9 Å². The van der Waals surface area contributed by atoms with E-state index in [-0.39, 0.29) is 12.0 Å². The second-order valence-corrected chi connectivity index (χ2v) is 10.9. The molecular formula is C26H20BrClN6O3S. The summed E-state index contributed by atoms with van der Waals surface area (Å²) in [6, 6.07) is 15.3. The number of ether oxygens (including phenoxy) is 1. The largest absolute Gasteiger partial charge is 0.439 e. The van der Waals surface area contributed by atoms with Gasteiger partial charge in [0.1, 0.15) is 28.2 Å². The van der Waals surface area contributed by atoms with E-state index in [1.54, 1.807) is 28.2 Å². The van der Waals surface area contributed by atoms with Crippen LogP contribution in [0, 0.1) is 0 Å². The number of rotatable bonds is 6. The average molecular weight is 612 g/mol. The molecule has 4 heterocycles. The lowest BCUT2D eigenvalue weighted by Crippen LogP contribution is -2.42. The van der Waals surface area contributed by atoms with E-state index in [0.29, 0.717) is 58.5 Å². The smallest absolute Gasteiger partial charge is 0.265 e. The normalized spacial score (nSPS) is 15.6. The molecule has 1 atom stereocenters. The maximum atomic E-state index is 13.2. The van der Waals surface area contributed by atoms with Crippen LogP contribution in [0.5, 0.6) is 0 Å². The molecule has 1 fully saturated rings. The Balaban J connectivity index is 1.11. The Morgan fingerprint density at radius 3 is 2.92 bits per heavy atom. The summed E-state index contributed by atoms with van der Waals surface area (Å²) in [6.07, 6.45) is 4.70. The Bertz CT molecular complexity index is 1600. The molecular weight excluding hydrogens is 592 g/mol. The lowest BCUT2D eigenvalue weighted by molar-refractivity contribution is -0.0246. The number of carbonyl (C=O) groups is 1. The summed E-state index contributed by atoms with van der Waals surface area (Å²) >= 11 is 11.1. The summed E-state index contributed by atoms with van der Waals surface area (Å²) in [5, 5.41) is 9.80. The predicted molar refractivity (Wildman–Crippen MR) is 146 cm³/mol. The van der Waals surface area contributed by atoms with E-state index in [2.05, 4.69) is 36.2 Å². The Kier molecular flexibility index (Phi) is 7.07. The monoisotopic (exact) mass is 610 g/mol. The minimum atomic E-state index is -0.390. The van der Waals surface area contributed by atoms with E-state index in [1.807, 2.05) is 48.5 Å². The molecule has 1 aliphatic heterocycles. The quantitative estimate of drug-likeness (QED) is 0.242. The molecule has 0 bridgehead atoms. The Morgan fingerprint density at radius 2 is 2.05 bits per heavy atom. The third-order valence-corrected chi connectivity index (χ3v) is 7.86. The second-order valence-electron chi connectivity index (χ2n) is 8.59. The van der Waals surface area contributed by atoms with Crippen LogP contribution in [0.15, 0.2) is 76.0 Å². The Morgan fingerprint density at radius 1 is 1.16 bits per heavy atom. The van der Waals surface area contributed by atoms with Gasteiger partial charge < -0.3 is 14.1 Å². The molecule has 0 radical (unpaired) electrons. The Labute approximate surface area is 235 Å². The number of oxazole rings is 1. The summed E-state index contributed by atoms with van der Waals surface area (Å²) in [7, 11) is 0. The number of hydrogen-bond donors (Lipinski definition) is 0. The molecule has 6 rings (SSSR count). The van der Waals surface area contributed by atoms with Crippen molar-refractivity contribution >= 4 is 44.8 Å². The number of hydrogen-bond acceptors (Lipinski definition) is 8. The molecule has 0 spiro atoms. The summed E-state index contributed by atoms with van der Waals surface area (Å²) in [5.41, 5.74) is 2.38. The van der Waals surface area contributed by atoms with Crippen LogP contribution < -0.4 is 0 Å². The third-order valence-electron chi connectivity index (χ3n) is 6.02.